The van der Waals surface area contributed by atoms with Gasteiger partial charge in [0.15, 0.2) is 0 Å². The Labute approximate surface area is 157 Å². The van der Waals surface area contributed by atoms with E-state index in [4.69, 9.17) is 0 Å². The van der Waals surface area contributed by atoms with Crippen molar-refractivity contribution in [3.8, 4) is 0 Å². The molecule has 3 aromatic rings. The number of thiophene rings is 2. The molecule has 0 amide bonds. The summed E-state index contributed by atoms with van der Waals surface area (Å²) in [6.45, 7) is 2.86. The van der Waals surface area contributed by atoms with Crippen LogP contribution in [-0.4, -0.2) is 17.7 Å². The highest BCUT2D eigenvalue weighted by Crippen LogP contribution is 2.25. The Hall–Kier alpha value is -1.72. The van der Waals surface area contributed by atoms with Gasteiger partial charge in [0, 0.05) is 6.04 Å². The molecule has 0 bridgehead atoms. The Morgan fingerprint density at radius 2 is 1.84 bits per heavy atom. The monoisotopic (exact) mass is 369 g/mol. The van der Waals surface area contributed by atoms with Gasteiger partial charge < -0.3 is 10.4 Å². The van der Waals surface area contributed by atoms with Crippen molar-refractivity contribution in [2.24, 2.45) is 0 Å². The van der Waals surface area contributed by atoms with Gasteiger partial charge in [-0.1, -0.05) is 36.4 Å². The smallest absolute Gasteiger partial charge is 0.0940 e. The zero-order valence-corrected chi connectivity index (χ0v) is 15.9. The lowest BCUT2D eigenvalue weighted by atomic mass is 10.0. The molecule has 0 saturated heterocycles. The molecule has 3 rings (SSSR count). The van der Waals surface area contributed by atoms with Crippen molar-refractivity contribution in [1.29, 1.82) is 0 Å². The van der Waals surface area contributed by atoms with E-state index in [9.17, 15) is 5.11 Å². The summed E-state index contributed by atoms with van der Waals surface area (Å²) in [5, 5.41) is 22.5. The third kappa shape index (κ3) is 5.13. The molecule has 0 aliphatic carbocycles. The lowest BCUT2D eigenvalue weighted by Gasteiger charge is -2.21. The van der Waals surface area contributed by atoms with Crippen LogP contribution in [-0.2, 0) is 0 Å². The maximum atomic E-state index is 10.5. The summed E-state index contributed by atoms with van der Waals surface area (Å²) in [7, 11) is 0. The third-order valence-electron chi connectivity index (χ3n) is 4.25. The molecule has 2 aromatic heterocycles. The lowest BCUT2D eigenvalue weighted by Crippen LogP contribution is -2.33. The van der Waals surface area contributed by atoms with Crippen LogP contribution in [0.2, 0.25) is 0 Å². The second kappa shape index (κ2) is 9.11. The van der Waals surface area contributed by atoms with Gasteiger partial charge >= 0.3 is 0 Å². The van der Waals surface area contributed by atoms with Gasteiger partial charge in [0.2, 0.25) is 0 Å². The summed E-state index contributed by atoms with van der Waals surface area (Å²) in [4.78, 5) is 0. The van der Waals surface area contributed by atoms with E-state index in [1.54, 1.807) is 22.7 Å². The van der Waals surface area contributed by atoms with Crippen molar-refractivity contribution in [3.63, 3.8) is 0 Å². The summed E-state index contributed by atoms with van der Waals surface area (Å²) >= 11 is 3.44. The molecule has 4 heteroatoms. The minimum atomic E-state index is -0.494. The molecule has 1 aromatic carbocycles. The van der Waals surface area contributed by atoms with E-state index in [0.29, 0.717) is 0 Å². The van der Waals surface area contributed by atoms with Crippen molar-refractivity contribution < 1.29 is 5.11 Å². The first-order valence-corrected chi connectivity index (χ1v) is 10.3. The van der Waals surface area contributed by atoms with Crippen LogP contribution in [0.3, 0.4) is 0 Å². The highest BCUT2D eigenvalue weighted by Gasteiger charge is 2.15. The number of aliphatic hydroxyl groups is 1. The van der Waals surface area contributed by atoms with Gasteiger partial charge in [-0.25, -0.2) is 0 Å². The SMILES string of the molecule is CC(NCC/C(=C\c1ccsc1)c1ccsc1)C(O)c1ccccc1. The first-order valence-electron chi connectivity index (χ1n) is 8.46. The Morgan fingerprint density at radius 3 is 2.52 bits per heavy atom. The topological polar surface area (TPSA) is 32.3 Å². The third-order valence-corrected chi connectivity index (χ3v) is 5.64. The zero-order valence-electron chi connectivity index (χ0n) is 14.3. The predicted molar refractivity (Wildman–Crippen MR) is 110 cm³/mol. The van der Waals surface area contributed by atoms with Gasteiger partial charge in [-0.2, -0.15) is 22.7 Å². The lowest BCUT2D eigenvalue weighted by molar-refractivity contribution is 0.136. The fourth-order valence-electron chi connectivity index (χ4n) is 2.79. The summed E-state index contributed by atoms with van der Waals surface area (Å²) in [5.74, 6) is 0. The van der Waals surface area contributed by atoms with Crippen LogP contribution in [0.5, 0.6) is 0 Å². The van der Waals surface area contributed by atoms with Crippen molar-refractivity contribution in [1.82, 2.24) is 5.32 Å². The standard InChI is InChI=1S/C21H23NOS2/c1-16(21(23)18-5-3-2-4-6-18)22-10-7-19(20-9-12-25-15-20)13-17-8-11-24-14-17/h2-6,8-9,11-16,21-23H,7,10H2,1H3/b19-13+. The molecule has 0 aliphatic rings. The Kier molecular flexibility index (Phi) is 6.59. The van der Waals surface area contributed by atoms with Crippen LogP contribution in [0.1, 0.15) is 36.1 Å². The maximum Gasteiger partial charge on any atom is 0.0940 e. The van der Waals surface area contributed by atoms with Gasteiger partial charge in [-0.15, -0.1) is 0 Å². The highest BCUT2D eigenvalue weighted by atomic mass is 32.1. The number of hydrogen-bond donors (Lipinski definition) is 2. The molecule has 2 unspecified atom stereocenters. The number of aliphatic hydroxyl groups excluding tert-OH is 1. The molecule has 0 saturated carbocycles. The van der Waals surface area contributed by atoms with E-state index in [0.717, 1.165) is 18.5 Å². The van der Waals surface area contributed by atoms with E-state index in [1.165, 1.54) is 16.7 Å². The first-order chi connectivity index (χ1) is 12.2. The molecule has 2 N–H and O–H groups in total. The second-order valence-electron chi connectivity index (χ2n) is 6.09. The van der Waals surface area contributed by atoms with Crippen LogP contribution in [0.4, 0.5) is 0 Å². The van der Waals surface area contributed by atoms with Gasteiger partial charge in [0.1, 0.15) is 0 Å². The average molecular weight is 370 g/mol. The van der Waals surface area contributed by atoms with E-state index in [1.807, 2.05) is 37.3 Å². The normalized spacial score (nSPS) is 14.4. The van der Waals surface area contributed by atoms with Crippen LogP contribution >= 0.6 is 22.7 Å². The van der Waals surface area contributed by atoms with Crippen LogP contribution in [0.15, 0.2) is 64.0 Å². The molecule has 2 atom stereocenters. The molecule has 0 fully saturated rings. The van der Waals surface area contributed by atoms with Crippen LogP contribution in [0, 0.1) is 0 Å². The number of nitrogens with one attached hydrogen (secondary N) is 1. The van der Waals surface area contributed by atoms with Crippen molar-refractivity contribution >= 4 is 34.3 Å². The zero-order chi connectivity index (χ0) is 17.5. The summed E-state index contributed by atoms with van der Waals surface area (Å²) in [5.41, 5.74) is 4.82. The molecule has 0 aliphatic heterocycles. The Morgan fingerprint density at radius 1 is 1.08 bits per heavy atom. The van der Waals surface area contributed by atoms with E-state index >= 15 is 0 Å². The molecule has 25 heavy (non-hydrogen) atoms. The molecule has 0 spiro atoms. The van der Waals surface area contributed by atoms with Gasteiger partial charge in [-0.05, 0) is 75.8 Å². The summed E-state index contributed by atoms with van der Waals surface area (Å²) < 4.78 is 0. The van der Waals surface area contributed by atoms with Gasteiger partial charge in [0.05, 0.1) is 6.10 Å². The molecule has 2 heterocycles. The average Bonchev–Trinajstić information content (AvgIpc) is 3.34. The Balaban J connectivity index is 1.60. The number of hydrogen-bond acceptors (Lipinski definition) is 4. The minimum Gasteiger partial charge on any atom is -0.387 e. The van der Waals surface area contributed by atoms with Gasteiger partial charge in [0.25, 0.3) is 0 Å². The molecular formula is C21H23NOS2. The number of rotatable bonds is 8. The van der Waals surface area contributed by atoms with E-state index < -0.39 is 6.10 Å². The molecular weight excluding hydrogens is 346 g/mol. The van der Waals surface area contributed by atoms with Gasteiger partial charge in [-0.3, -0.25) is 0 Å². The minimum absolute atomic E-state index is 0.00673. The van der Waals surface area contributed by atoms with Crippen molar-refractivity contribution in [2.45, 2.75) is 25.5 Å². The van der Waals surface area contributed by atoms with E-state index in [-0.39, 0.29) is 6.04 Å². The summed E-state index contributed by atoms with van der Waals surface area (Å²) in [6, 6.07) is 14.2. The van der Waals surface area contributed by atoms with Crippen LogP contribution in [0.25, 0.3) is 11.6 Å². The van der Waals surface area contributed by atoms with Crippen molar-refractivity contribution in [3.05, 3.63) is 80.7 Å². The Bertz CT molecular complexity index is 764. The fourth-order valence-corrected chi connectivity index (χ4v) is 4.09. The van der Waals surface area contributed by atoms with Crippen LogP contribution < -0.4 is 5.32 Å². The number of benzene rings is 1. The first kappa shape index (κ1) is 18.1. The molecule has 130 valence electrons. The maximum absolute atomic E-state index is 10.5. The van der Waals surface area contributed by atoms with E-state index in [2.05, 4.69) is 45.0 Å². The molecule has 0 radical (unpaired) electrons. The summed E-state index contributed by atoms with van der Waals surface area (Å²) in [6.07, 6.45) is 2.70. The quantitative estimate of drug-likeness (QED) is 0.553. The van der Waals surface area contributed by atoms with Crippen molar-refractivity contribution in [2.75, 3.05) is 6.54 Å². The second-order valence-corrected chi connectivity index (χ2v) is 7.65. The predicted octanol–water partition coefficient (Wildman–Crippen LogP) is 5.45. The fraction of sp³-hybridized carbons (Fsp3) is 0.238. The molecule has 2 nitrogen and oxygen atoms in total. The largest absolute Gasteiger partial charge is 0.387 e. The highest BCUT2D eigenvalue weighted by molar-refractivity contribution is 7.08.